The zero-order valence-corrected chi connectivity index (χ0v) is 17.0. The van der Waals surface area contributed by atoms with Crippen LogP contribution in [0.5, 0.6) is 0 Å². The van der Waals surface area contributed by atoms with Crippen LogP contribution in [0.1, 0.15) is 48.0 Å². The molecule has 124 valence electrons. The summed E-state index contributed by atoms with van der Waals surface area (Å²) in [7, 11) is -2.16. The van der Waals surface area contributed by atoms with E-state index in [4.69, 9.17) is 4.43 Å². The van der Waals surface area contributed by atoms with Crippen LogP contribution in [-0.4, -0.2) is 36.1 Å². The van der Waals surface area contributed by atoms with Gasteiger partial charge in [0.2, 0.25) is 0 Å². The lowest BCUT2D eigenvalue weighted by atomic mass is 9.79. The second kappa shape index (κ2) is 6.92. The number of carboxylic acids is 1. The molecule has 0 fully saturated rings. The van der Waals surface area contributed by atoms with Crippen LogP contribution in [0, 0.1) is 5.41 Å². The van der Waals surface area contributed by atoms with Gasteiger partial charge in [-0.05, 0) is 25.1 Å². The number of rotatable bonds is 7. The fraction of sp³-hybridized carbons (Fsp3) is 0.867. The highest BCUT2D eigenvalue weighted by Crippen LogP contribution is 2.41. The standard InChI is InChI=1S/C15H29BrO4Si/c1-10(16)13(19)15(5,6)11(9-12(17)18)20-21(7,8)14(2,3)4/h10-11H,9H2,1-8H3,(H,17,18). The van der Waals surface area contributed by atoms with E-state index < -0.39 is 25.8 Å². The summed E-state index contributed by atoms with van der Waals surface area (Å²) in [6.45, 7) is 15.7. The van der Waals surface area contributed by atoms with Gasteiger partial charge in [-0.15, -0.1) is 0 Å². The van der Waals surface area contributed by atoms with Crippen LogP contribution in [0.4, 0.5) is 0 Å². The number of carbonyl (C=O) groups excluding carboxylic acids is 1. The average Bonchev–Trinajstić information content (AvgIpc) is 2.24. The molecule has 0 heterocycles. The quantitative estimate of drug-likeness (QED) is 0.530. The van der Waals surface area contributed by atoms with Gasteiger partial charge in [0.1, 0.15) is 0 Å². The number of carbonyl (C=O) groups is 2. The molecule has 0 aliphatic heterocycles. The topological polar surface area (TPSA) is 63.6 Å². The van der Waals surface area contributed by atoms with Crippen molar-refractivity contribution >= 4 is 36.0 Å². The van der Waals surface area contributed by atoms with Crippen LogP contribution in [-0.2, 0) is 14.0 Å². The van der Waals surface area contributed by atoms with E-state index in [1.807, 2.05) is 0 Å². The zero-order chi connectivity index (χ0) is 17.2. The maximum Gasteiger partial charge on any atom is 0.305 e. The summed E-state index contributed by atoms with van der Waals surface area (Å²) >= 11 is 3.29. The third kappa shape index (κ3) is 5.49. The number of alkyl halides is 1. The molecule has 0 aromatic carbocycles. The van der Waals surface area contributed by atoms with E-state index in [1.54, 1.807) is 20.8 Å². The minimum atomic E-state index is -2.16. The van der Waals surface area contributed by atoms with E-state index in [2.05, 4.69) is 49.8 Å². The SMILES string of the molecule is CC(Br)C(=O)C(C)(C)C(CC(=O)O)O[Si](C)(C)C(C)(C)C. The van der Waals surface area contributed by atoms with Gasteiger partial charge in [-0.3, -0.25) is 9.59 Å². The van der Waals surface area contributed by atoms with Gasteiger partial charge in [0.05, 0.1) is 17.4 Å². The van der Waals surface area contributed by atoms with Crippen LogP contribution in [0.3, 0.4) is 0 Å². The Balaban J connectivity index is 5.51. The van der Waals surface area contributed by atoms with Crippen molar-refractivity contribution in [2.24, 2.45) is 5.41 Å². The first-order chi connectivity index (χ1) is 9.13. The van der Waals surface area contributed by atoms with E-state index in [-0.39, 0.29) is 22.1 Å². The first-order valence-electron chi connectivity index (χ1n) is 7.21. The van der Waals surface area contributed by atoms with Gasteiger partial charge in [-0.25, -0.2) is 0 Å². The maximum atomic E-state index is 12.4. The Morgan fingerprint density at radius 3 is 1.90 bits per heavy atom. The molecule has 2 unspecified atom stereocenters. The second-order valence-corrected chi connectivity index (χ2v) is 13.8. The molecule has 0 aromatic rings. The molecule has 0 rings (SSSR count). The van der Waals surface area contributed by atoms with Crippen molar-refractivity contribution in [3.8, 4) is 0 Å². The summed E-state index contributed by atoms with van der Waals surface area (Å²) in [6, 6.07) is 0. The molecule has 0 spiro atoms. The molecule has 0 radical (unpaired) electrons. The van der Waals surface area contributed by atoms with Crippen LogP contribution in [0.15, 0.2) is 0 Å². The van der Waals surface area contributed by atoms with Crippen molar-refractivity contribution in [3.05, 3.63) is 0 Å². The van der Waals surface area contributed by atoms with Crippen molar-refractivity contribution in [2.75, 3.05) is 0 Å². The van der Waals surface area contributed by atoms with Gasteiger partial charge in [0, 0.05) is 5.41 Å². The van der Waals surface area contributed by atoms with E-state index in [1.165, 1.54) is 0 Å². The van der Waals surface area contributed by atoms with Crippen LogP contribution < -0.4 is 0 Å². The van der Waals surface area contributed by atoms with Gasteiger partial charge in [0.15, 0.2) is 14.1 Å². The molecule has 4 nitrogen and oxygen atoms in total. The highest BCUT2D eigenvalue weighted by Gasteiger charge is 2.46. The Morgan fingerprint density at radius 2 is 1.62 bits per heavy atom. The lowest BCUT2D eigenvalue weighted by molar-refractivity contribution is -0.143. The average molecular weight is 381 g/mol. The summed E-state index contributed by atoms with van der Waals surface area (Å²) < 4.78 is 6.27. The van der Waals surface area contributed by atoms with E-state index in [0.29, 0.717) is 0 Å². The molecule has 0 amide bonds. The largest absolute Gasteiger partial charge is 0.481 e. The molecule has 0 bridgehead atoms. The normalized spacial score (nSPS) is 16.4. The summed E-state index contributed by atoms with van der Waals surface area (Å²) in [5, 5.41) is 9.14. The van der Waals surface area contributed by atoms with E-state index in [9.17, 15) is 14.7 Å². The Labute approximate surface area is 137 Å². The highest BCUT2D eigenvalue weighted by molar-refractivity contribution is 9.10. The fourth-order valence-electron chi connectivity index (χ4n) is 1.81. The molecule has 0 saturated carbocycles. The summed E-state index contributed by atoms with van der Waals surface area (Å²) in [5.74, 6) is -0.978. The van der Waals surface area contributed by atoms with Crippen molar-refractivity contribution in [2.45, 2.75) is 77.0 Å². The molecule has 2 atom stereocenters. The van der Waals surface area contributed by atoms with Crippen LogP contribution >= 0.6 is 15.9 Å². The third-order valence-corrected chi connectivity index (χ3v) is 9.31. The van der Waals surface area contributed by atoms with Crippen molar-refractivity contribution in [3.63, 3.8) is 0 Å². The van der Waals surface area contributed by atoms with E-state index in [0.717, 1.165) is 0 Å². The van der Waals surface area contributed by atoms with Crippen molar-refractivity contribution in [1.29, 1.82) is 0 Å². The molecule has 21 heavy (non-hydrogen) atoms. The van der Waals surface area contributed by atoms with Crippen molar-refractivity contribution in [1.82, 2.24) is 0 Å². The number of halogens is 1. The van der Waals surface area contributed by atoms with Crippen molar-refractivity contribution < 1.29 is 19.1 Å². The molecule has 0 aromatic heterocycles. The number of hydrogen-bond donors (Lipinski definition) is 1. The Bertz CT molecular complexity index is 397. The minimum absolute atomic E-state index is 0.0348. The van der Waals surface area contributed by atoms with Gasteiger partial charge < -0.3 is 9.53 Å². The molecular formula is C15H29BrO4Si. The first kappa shape index (κ1) is 20.8. The molecule has 0 saturated heterocycles. The summed E-state index contributed by atoms with van der Waals surface area (Å²) in [6.07, 6.45) is -0.784. The molecular weight excluding hydrogens is 352 g/mol. The molecule has 0 aliphatic rings. The van der Waals surface area contributed by atoms with Gasteiger partial charge in [-0.2, -0.15) is 0 Å². The summed E-state index contributed by atoms with van der Waals surface area (Å²) in [5.41, 5.74) is -0.850. The van der Waals surface area contributed by atoms with Crippen LogP contribution in [0.2, 0.25) is 18.1 Å². The lowest BCUT2D eigenvalue weighted by Crippen LogP contribution is -2.51. The third-order valence-electron chi connectivity index (χ3n) is 4.40. The molecule has 6 heteroatoms. The lowest BCUT2D eigenvalue weighted by Gasteiger charge is -2.43. The van der Waals surface area contributed by atoms with Crippen LogP contribution in [0.25, 0.3) is 0 Å². The minimum Gasteiger partial charge on any atom is -0.481 e. The number of hydrogen-bond acceptors (Lipinski definition) is 3. The Kier molecular flexibility index (Phi) is 6.85. The Hall–Kier alpha value is -0.203. The number of aliphatic carboxylic acids is 1. The smallest absolute Gasteiger partial charge is 0.305 e. The second-order valence-electron chi connectivity index (χ2n) is 7.67. The Morgan fingerprint density at radius 1 is 1.19 bits per heavy atom. The number of Topliss-reactive ketones (excluding diaryl/α,β-unsaturated/α-hetero) is 1. The zero-order valence-electron chi connectivity index (χ0n) is 14.4. The monoisotopic (exact) mass is 380 g/mol. The number of carboxylic acid groups (broad SMARTS) is 1. The molecule has 1 N–H and O–H groups in total. The predicted octanol–water partition coefficient (Wildman–Crippen LogP) is 4.23. The molecule has 0 aliphatic carbocycles. The predicted molar refractivity (Wildman–Crippen MR) is 91.5 cm³/mol. The van der Waals surface area contributed by atoms with Gasteiger partial charge in [0.25, 0.3) is 0 Å². The fourth-order valence-corrected chi connectivity index (χ4v) is 3.84. The first-order valence-corrected chi connectivity index (χ1v) is 11.0. The van der Waals surface area contributed by atoms with Gasteiger partial charge >= 0.3 is 5.97 Å². The van der Waals surface area contributed by atoms with E-state index >= 15 is 0 Å². The number of ketones is 1. The van der Waals surface area contributed by atoms with Gasteiger partial charge in [-0.1, -0.05) is 50.5 Å². The highest BCUT2D eigenvalue weighted by atomic mass is 79.9. The summed E-state index contributed by atoms with van der Waals surface area (Å²) in [4.78, 5) is 23.3. The maximum absolute atomic E-state index is 12.4.